The highest BCUT2D eigenvalue weighted by molar-refractivity contribution is 5.89. The monoisotopic (exact) mass is 263 g/mol. The van der Waals surface area contributed by atoms with Crippen molar-refractivity contribution < 1.29 is 4.74 Å². The van der Waals surface area contributed by atoms with Crippen molar-refractivity contribution in [3.8, 4) is 0 Å². The molecule has 1 atom stereocenters. The molecule has 0 radical (unpaired) electrons. The highest BCUT2D eigenvalue weighted by Crippen LogP contribution is 2.27. The van der Waals surface area contributed by atoms with E-state index in [0.717, 1.165) is 19.8 Å². The van der Waals surface area contributed by atoms with Crippen molar-refractivity contribution in [3.63, 3.8) is 0 Å². The van der Waals surface area contributed by atoms with E-state index < -0.39 is 0 Å². The third-order valence-corrected chi connectivity index (χ3v) is 3.47. The van der Waals surface area contributed by atoms with E-state index in [4.69, 9.17) is 4.74 Å². The molecule has 18 heavy (non-hydrogen) atoms. The molecule has 0 unspecified atom stereocenters. The minimum atomic E-state index is 0. The molecule has 2 nitrogen and oxygen atoms in total. The molecule has 0 aromatic heterocycles. The van der Waals surface area contributed by atoms with Gasteiger partial charge < -0.3 is 10.1 Å². The molecule has 1 aliphatic rings. The zero-order chi connectivity index (χ0) is 11.7. The number of hydrogen-bond acceptors (Lipinski definition) is 2. The Balaban J connectivity index is 0.00000120. The number of morpholine rings is 1. The Morgan fingerprint density at radius 1 is 1.11 bits per heavy atom. The fourth-order valence-electron chi connectivity index (χ4n) is 2.54. The molecule has 0 spiro atoms. The maximum Gasteiger partial charge on any atom is 0.0662 e. The Bertz CT molecular complexity index is 535. The van der Waals surface area contributed by atoms with Crippen molar-refractivity contribution in [3.05, 3.63) is 47.5 Å². The van der Waals surface area contributed by atoms with E-state index in [1.165, 1.54) is 21.9 Å². The van der Waals surface area contributed by atoms with Gasteiger partial charge >= 0.3 is 0 Å². The molecule has 2 aromatic carbocycles. The number of nitrogens with one attached hydrogen (secondary N) is 1. The van der Waals surface area contributed by atoms with Crippen LogP contribution < -0.4 is 5.32 Å². The van der Waals surface area contributed by atoms with Gasteiger partial charge in [-0.15, -0.1) is 12.4 Å². The fraction of sp³-hybridized carbons (Fsp3) is 0.333. The van der Waals surface area contributed by atoms with Crippen LogP contribution in [0.4, 0.5) is 0 Å². The largest absolute Gasteiger partial charge is 0.378 e. The van der Waals surface area contributed by atoms with Gasteiger partial charge in [0.05, 0.1) is 19.3 Å². The van der Waals surface area contributed by atoms with Gasteiger partial charge in [-0.1, -0.05) is 36.4 Å². The minimum Gasteiger partial charge on any atom is -0.378 e. The van der Waals surface area contributed by atoms with Crippen LogP contribution in [-0.2, 0) is 4.74 Å². The third kappa shape index (κ3) is 2.37. The molecular formula is C15H18ClNO. The summed E-state index contributed by atoms with van der Waals surface area (Å²) >= 11 is 0. The number of rotatable bonds is 1. The Morgan fingerprint density at radius 3 is 2.61 bits per heavy atom. The second-order valence-corrected chi connectivity index (χ2v) is 4.60. The molecule has 96 valence electrons. The van der Waals surface area contributed by atoms with Crippen LogP contribution in [0.1, 0.15) is 17.2 Å². The van der Waals surface area contributed by atoms with Gasteiger partial charge in [-0.3, -0.25) is 0 Å². The Labute approximate surface area is 114 Å². The van der Waals surface area contributed by atoms with Crippen LogP contribution in [0.3, 0.4) is 0 Å². The van der Waals surface area contributed by atoms with Gasteiger partial charge in [-0.2, -0.15) is 0 Å². The van der Waals surface area contributed by atoms with E-state index in [9.17, 15) is 0 Å². The average molecular weight is 264 g/mol. The molecule has 1 fully saturated rings. The molecule has 1 N–H and O–H groups in total. The van der Waals surface area contributed by atoms with Crippen molar-refractivity contribution in [1.82, 2.24) is 5.32 Å². The standard InChI is InChI=1S/C15H17NO.ClH/c1-11-6-7-14(15-10-17-9-8-16-15)13-5-3-2-4-12(11)13;/h2-7,15-16H,8-10H2,1H3;1H/t15-;/m1./s1. The number of fused-ring (bicyclic) bond motifs is 1. The Hall–Kier alpha value is -1.09. The lowest BCUT2D eigenvalue weighted by molar-refractivity contribution is 0.0773. The lowest BCUT2D eigenvalue weighted by atomic mass is 9.96. The summed E-state index contributed by atoms with van der Waals surface area (Å²) in [5, 5.41) is 6.21. The van der Waals surface area contributed by atoms with Crippen LogP contribution in [0.15, 0.2) is 36.4 Å². The molecule has 0 amide bonds. The van der Waals surface area contributed by atoms with Crippen LogP contribution in [0.5, 0.6) is 0 Å². The van der Waals surface area contributed by atoms with E-state index in [-0.39, 0.29) is 12.4 Å². The van der Waals surface area contributed by atoms with E-state index in [1.807, 2.05) is 0 Å². The molecule has 3 rings (SSSR count). The van der Waals surface area contributed by atoms with Crippen molar-refractivity contribution in [1.29, 1.82) is 0 Å². The molecule has 1 saturated heterocycles. The first-order valence-electron chi connectivity index (χ1n) is 6.15. The third-order valence-electron chi connectivity index (χ3n) is 3.47. The molecule has 0 aliphatic carbocycles. The second kappa shape index (κ2) is 5.70. The SMILES string of the molecule is Cc1ccc([C@H]2COCCN2)c2ccccc12.Cl. The second-order valence-electron chi connectivity index (χ2n) is 4.60. The smallest absolute Gasteiger partial charge is 0.0662 e. The lowest BCUT2D eigenvalue weighted by Crippen LogP contribution is -2.34. The topological polar surface area (TPSA) is 21.3 Å². The Kier molecular flexibility index (Phi) is 4.23. The van der Waals surface area contributed by atoms with Crippen molar-refractivity contribution >= 4 is 23.2 Å². The van der Waals surface area contributed by atoms with Crippen LogP contribution in [0.25, 0.3) is 10.8 Å². The maximum absolute atomic E-state index is 5.55. The number of hydrogen-bond donors (Lipinski definition) is 1. The predicted octanol–water partition coefficient (Wildman–Crippen LogP) is 3.23. The first-order valence-corrected chi connectivity index (χ1v) is 6.15. The van der Waals surface area contributed by atoms with Crippen molar-refractivity contribution in [2.24, 2.45) is 0 Å². The Morgan fingerprint density at radius 2 is 1.89 bits per heavy atom. The van der Waals surface area contributed by atoms with Gasteiger partial charge in [-0.25, -0.2) is 0 Å². The van der Waals surface area contributed by atoms with Crippen LogP contribution in [-0.4, -0.2) is 19.8 Å². The van der Waals surface area contributed by atoms with E-state index in [0.29, 0.717) is 6.04 Å². The fourth-order valence-corrected chi connectivity index (χ4v) is 2.54. The summed E-state index contributed by atoms with van der Waals surface area (Å²) < 4.78 is 5.55. The number of ether oxygens (including phenoxy) is 1. The lowest BCUT2D eigenvalue weighted by Gasteiger charge is -2.25. The summed E-state index contributed by atoms with van der Waals surface area (Å²) in [6.45, 7) is 4.69. The molecule has 0 saturated carbocycles. The van der Waals surface area contributed by atoms with E-state index >= 15 is 0 Å². The van der Waals surface area contributed by atoms with E-state index in [2.05, 4.69) is 48.6 Å². The zero-order valence-corrected chi connectivity index (χ0v) is 11.3. The first kappa shape index (κ1) is 13.3. The number of benzene rings is 2. The van der Waals surface area contributed by atoms with Crippen molar-refractivity contribution in [2.75, 3.05) is 19.8 Å². The molecule has 3 heteroatoms. The van der Waals surface area contributed by atoms with Crippen molar-refractivity contribution in [2.45, 2.75) is 13.0 Å². The highest BCUT2D eigenvalue weighted by atomic mass is 35.5. The summed E-state index contributed by atoms with van der Waals surface area (Å²) in [5.41, 5.74) is 2.69. The first-order chi connectivity index (χ1) is 8.36. The van der Waals surface area contributed by atoms with Gasteiger partial charge in [-0.05, 0) is 28.8 Å². The summed E-state index contributed by atoms with van der Waals surface area (Å²) in [7, 11) is 0. The van der Waals surface area contributed by atoms with Crippen LogP contribution in [0, 0.1) is 6.92 Å². The quantitative estimate of drug-likeness (QED) is 0.853. The normalized spacial score (nSPS) is 19.5. The maximum atomic E-state index is 5.55. The van der Waals surface area contributed by atoms with Gasteiger partial charge in [0.2, 0.25) is 0 Å². The number of halogens is 1. The van der Waals surface area contributed by atoms with Crippen LogP contribution in [0.2, 0.25) is 0 Å². The van der Waals surface area contributed by atoms with E-state index in [1.54, 1.807) is 0 Å². The summed E-state index contributed by atoms with van der Waals surface area (Å²) in [6, 6.07) is 13.4. The molecule has 0 bridgehead atoms. The molecule has 1 aliphatic heterocycles. The van der Waals surface area contributed by atoms with Gasteiger partial charge in [0.1, 0.15) is 0 Å². The zero-order valence-electron chi connectivity index (χ0n) is 10.5. The highest BCUT2D eigenvalue weighted by Gasteiger charge is 2.17. The van der Waals surface area contributed by atoms with Gasteiger partial charge in [0.25, 0.3) is 0 Å². The summed E-state index contributed by atoms with van der Waals surface area (Å²) in [5.74, 6) is 0. The van der Waals surface area contributed by atoms with Gasteiger partial charge in [0, 0.05) is 6.54 Å². The average Bonchev–Trinajstić information content (AvgIpc) is 2.41. The molecule has 2 aromatic rings. The molecular weight excluding hydrogens is 246 g/mol. The predicted molar refractivity (Wildman–Crippen MR) is 77.5 cm³/mol. The van der Waals surface area contributed by atoms with Gasteiger partial charge in [0.15, 0.2) is 0 Å². The minimum absolute atomic E-state index is 0. The summed E-state index contributed by atoms with van der Waals surface area (Å²) in [4.78, 5) is 0. The molecule has 1 heterocycles. The number of aryl methyl sites for hydroxylation is 1. The van der Waals surface area contributed by atoms with Crippen LogP contribution >= 0.6 is 12.4 Å². The summed E-state index contributed by atoms with van der Waals surface area (Å²) in [6.07, 6.45) is 0.